The maximum atomic E-state index is 12.8. The lowest BCUT2D eigenvalue weighted by Gasteiger charge is -2.25. The van der Waals surface area contributed by atoms with Crippen LogP contribution in [0, 0.1) is 12.8 Å². The zero-order valence-electron chi connectivity index (χ0n) is 15.7. The first kappa shape index (κ1) is 17.8. The minimum atomic E-state index is 0.302. The van der Waals surface area contributed by atoms with Crippen molar-refractivity contribution in [1.29, 1.82) is 0 Å². The molecule has 0 bridgehead atoms. The minimum Gasteiger partial charge on any atom is -0.348 e. The Labute approximate surface area is 160 Å². The van der Waals surface area contributed by atoms with Crippen molar-refractivity contribution in [1.82, 2.24) is 9.55 Å². The summed E-state index contributed by atoms with van der Waals surface area (Å²) in [4.78, 5) is 20.1. The minimum absolute atomic E-state index is 0.302. The molecule has 1 saturated heterocycles. The Morgan fingerprint density at radius 1 is 1.19 bits per heavy atom. The van der Waals surface area contributed by atoms with Crippen LogP contribution < -0.4 is 4.90 Å². The van der Waals surface area contributed by atoms with Crippen molar-refractivity contribution in [3.63, 3.8) is 0 Å². The molecule has 2 aromatic rings. The quantitative estimate of drug-likeness (QED) is 0.667. The number of rotatable bonds is 6. The molecule has 2 aliphatic rings. The van der Waals surface area contributed by atoms with Crippen LogP contribution in [0.3, 0.4) is 0 Å². The summed E-state index contributed by atoms with van der Waals surface area (Å²) in [6.07, 6.45) is 11.7. The molecule has 3 heterocycles. The first-order valence-electron chi connectivity index (χ1n) is 10.1. The van der Waals surface area contributed by atoms with E-state index in [2.05, 4.69) is 34.0 Å². The van der Waals surface area contributed by atoms with Gasteiger partial charge in [0.05, 0.1) is 17.9 Å². The van der Waals surface area contributed by atoms with Crippen LogP contribution in [0.25, 0.3) is 0 Å². The molecule has 4 rings (SSSR count). The van der Waals surface area contributed by atoms with Crippen LogP contribution in [0.2, 0.25) is 0 Å². The van der Waals surface area contributed by atoms with Crippen molar-refractivity contribution in [2.24, 2.45) is 5.92 Å². The SMILES string of the molecule is Cc1cc(C(=O)CC2CCCC2)n(Cc2csc(N3CCCCC3)n2)c1. The van der Waals surface area contributed by atoms with Gasteiger partial charge in [-0.2, -0.15) is 0 Å². The van der Waals surface area contributed by atoms with Crippen LogP contribution >= 0.6 is 11.3 Å². The smallest absolute Gasteiger partial charge is 0.185 e. The summed E-state index contributed by atoms with van der Waals surface area (Å²) in [6.45, 7) is 5.02. The van der Waals surface area contributed by atoms with Gasteiger partial charge in [0.15, 0.2) is 10.9 Å². The highest BCUT2D eigenvalue weighted by Crippen LogP contribution is 2.29. The van der Waals surface area contributed by atoms with Crippen molar-refractivity contribution in [3.8, 4) is 0 Å². The summed E-state index contributed by atoms with van der Waals surface area (Å²) in [5, 5.41) is 3.30. The average molecular weight is 372 g/mol. The van der Waals surface area contributed by atoms with E-state index >= 15 is 0 Å². The van der Waals surface area contributed by atoms with Crippen LogP contribution in [0.15, 0.2) is 17.6 Å². The number of thiazole rings is 1. The Bertz CT molecular complexity index is 751. The number of aryl methyl sites for hydroxylation is 1. The summed E-state index contributed by atoms with van der Waals surface area (Å²) in [5.41, 5.74) is 3.09. The molecule has 0 radical (unpaired) electrons. The molecule has 0 unspecified atom stereocenters. The largest absolute Gasteiger partial charge is 0.348 e. The number of hydrogen-bond acceptors (Lipinski definition) is 4. The number of Topliss-reactive ketones (excluding diaryl/α,β-unsaturated/α-hetero) is 1. The van der Waals surface area contributed by atoms with E-state index in [-0.39, 0.29) is 0 Å². The Morgan fingerprint density at radius 2 is 1.96 bits per heavy atom. The van der Waals surface area contributed by atoms with Crippen LogP contribution in [0.5, 0.6) is 0 Å². The van der Waals surface area contributed by atoms with E-state index in [4.69, 9.17) is 4.98 Å². The van der Waals surface area contributed by atoms with Gasteiger partial charge < -0.3 is 9.47 Å². The van der Waals surface area contributed by atoms with Gasteiger partial charge in [-0.25, -0.2) is 4.98 Å². The highest BCUT2D eigenvalue weighted by atomic mass is 32.1. The summed E-state index contributed by atoms with van der Waals surface area (Å²) in [5.74, 6) is 0.896. The van der Waals surface area contributed by atoms with Crippen molar-refractivity contribution >= 4 is 22.3 Å². The molecule has 2 aromatic heterocycles. The number of aromatic nitrogens is 2. The van der Waals surface area contributed by atoms with E-state index in [1.807, 2.05) is 0 Å². The maximum absolute atomic E-state index is 12.8. The predicted octanol–water partition coefficient (Wildman–Crippen LogP) is 5.05. The van der Waals surface area contributed by atoms with Crippen LogP contribution in [-0.2, 0) is 6.54 Å². The van der Waals surface area contributed by atoms with Crippen molar-refractivity contribution in [2.75, 3.05) is 18.0 Å². The summed E-state index contributed by atoms with van der Waals surface area (Å²) >= 11 is 1.74. The van der Waals surface area contributed by atoms with Gasteiger partial charge in [0.1, 0.15) is 0 Å². The van der Waals surface area contributed by atoms with E-state index in [0.29, 0.717) is 24.7 Å². The van der Waals surface area contributed by atoms with Gasteiger partial charge in [-0.3, -0.25) is 4.79 Å². The summed E-state index contributed by atoms with van der Waals surface area (Å²) < 4.78 is 2.11. The number of hydrogen-bond donors (Lipinski definition) is 0. The Balaban J connectivity index is 1.46. The van der Waals surface area contributed by atoms with Gasteiger partial charge >= 0.3 is 0 Å². The van der Waals surface area contributed by atoms with E-state index in [1.165, 1.54) is 44.9 Å². The van der Waals surface area contributed by atoms with Gasteiger partial charge in [-0.15, -0.1) is 11.3 Å². The third-order valence-electron chi connectivity index (χ3n) is 5.77. The van der Waals surface area contributed by atoms with E-state index < -0.39 is 0 Å². The highest BCUT2D eigenvalue weighted by molar-refractivity contribution is 7.13. The average Bonchev–Trinajstić information content (AvgIpc) is 3.38. The molecule has 1 aliphatic carbocycles. The number of carbonyl (C=O) groups is 1. The first-order valence-corrected chi connectivity index (χ1v) is 11.0. The van der Waals surface area contributed by atoms with E-state index in [1.54, 1.807) is 11.3 Å². The Morgan fingerprint density at radius 3 is 2.73 bits per heavy atom. The number of nitrogens with zero attached hydrogens (tertiary/aromatic N) is 3. The molecule has 0 atom stereocenters. The predicted molar refractivity (Wildman–Crippen MR) is 107 cm³/mol. The van der Waals surface area contributed by atoms with Crippen molar-refractivity contribution in [3.05, 3.63) is 34.6 Å². The fourth-order valence-electron chi connectivity index (χ4n) is 4.38. The molecule has 26 heavy (non-hydrogen) atoms. The number of piperidine rings is 1. The fraction of sp³-hybridized carbons (Fsp3) is 0.619. The molecular weight excluding hydrogens is 342 g/mol. The Hall–Kier alpha value is -1.62. The molecule has 5 heteroatoms. The molecule has 2 fully saturated rings. The second kappa shape index (κ2) is 7.95. The molecule has 0 aromatic carbocycles. The molecule has 140 valence electrons. The third kappa shape index (κ3) is 4.03. The molecular formula is C21H29N3OS. The zero-order valence-corrected chi connectivity index (χ0v) is 16.6. The summed E-state index contributed by atoms with van der Waals surface area (Å²) in [7, 11) is 0. The second-order valence-electron chi connectivity index (χ2n) is 7.98. The van der Waals surface area contributed by atoms with Crippen LogP contribution in [0.4, 0.5) is 5.13 Å². The van der Waals surface area contributed by atoms with Gasteiger partial charge in [0, 0.05) is 31.1 Å². The topological polar surface area (TPSA) is 38.1 Å². The fourth-order valence-corrected chi connectivity index (χ4v) is 5.25. The van der Waals surface area contributed by atoms with Crippen LogP contribution in [-0.4, -0.2) is 28.4 Å². The molecule has 0 spiro atoms. The standard InChI is InChI=1S/C21H29N3OS/c1-16-11-19(20(25)12-17-7-3-4-8-17)24(13-16)14-18-15-26-21(22-18)23-9-5-2-6-10-23/h11,13,15,17H,2-10,12,14H2,1H3. The molecule has 0 N–H and O–H groups in total. The lowest BCUT2D eigenvalue weighted by atomic mass is 9.99. The van der Waals surface area contributed by atoms with Crippen molar-refractivity contribution < 1.29 is 4.79 Å². The zero-order chi connectivity index (χ0) is 17.9. The molecule has 4 nitrogen and oxygen atoms in total. The second-order valence-corrected chi connectivity index (χ2v) is 8.81. The number of anilines is 1. The highest BCUT2D eigenvalue weighted by Gasteiger charge is 2.22. The van der Waals surface area contributed by atoms with Gasteiger partial charge in [0.25, 0.3) is 0 Å². The van der Waals surface area contributed by atoms with Gasteiger partial charge in [0.2, 0.25) is 0 Å². The van der Waals surface area contributed by atoms with Crippen LogP contribution in [0.1, 0.15) is 73.1 Å². The van der Waals surface area contributed by atoms with Gasteiger partial charge in [-0.05, 0) is 43.7 Å². The summed E-state index contributed by atoms with van der Waals surface area (Å²) in [6, 6.07) is 2.05. The molecule has 1 saturated carbocycles. The lowest BCUT2D eigenvalue weighted by Crippen LogP contribution is -2.29. The first-order chi connectivity index (χ1) is 12.7. The number of carbonyl (C=O) groups excluding carboxylic acids is 1. The lowest BCUT2D eigenvalue weighted by molar-refractivity contribution is 0.0953. The molecule has 0 amide bonds. The monoisotopic (exact) mass is 371 g/mol. The maximum Gasteiger partial charge on any atom is 0.185 e. The van der Waals surface area contributed by atoms with E-state index in [9.17, 15) is 4.79 Å². The van der Waals surface area contributed by atoms with E-state index in [0.717, 1.165) is 35.2 Å². The van der Waals surface area contributed by atoms with Gasteiger partial charge in [-0.1, -0.05) is 25.7 Å². The number of ketones is 1. The van der Waals surface area contributed by atoms with Crippen molar-refractivity contribution in [2.45, 2.75) is 64.8 Å². The third-order valence-corrected chi connectivity index (χ3v) is 6.72. The molecule has 1 aliphatic heterocycles. The Kier molecular flexibility index (Phi) is 5.44. The normalized spacial score (nSPS) is 18.6.